The maximum atomic E-state index is 12.5. The highest BCUT2D eigenvalue weighted by atomic mass is 16.5. The molecule has 2 amide bonds. The van der Waals surface area contributed by atoms with Gasteiger partial charge in [-0.15, -0.1) is 0 Å². The summed E-state index contributed by atoms with van der Waals surface area (Å²) in [5.41, 5.74) is 2.71. The molecule has 0 aromatic heterocycles. The quantitative estimate of drug-likeness (QED) is 0.762. The molecule has 0 fully saturated rings. The van der Waals surface area contributed by atoms with Gasteiger partial charge in [0.2, 0.25) is 5.91 Å². The molecule has 0 unspecified atom stereocenters. The number of carbonyl (C=O) groups is 2. The predicted molar refractivity (Wildman–Crippen MR) is 105 cm³/mol. The zero-order chi connectivity index (χ0) is 19.1. The second-order valence-electron chi connectivity index (χ2n) is 6.67. The van der Waals surface area contributed by atoms with Gasteiger partial charge in [-0.2, -0.15) is 0 Å². The molecule has 0 saturated heterocycles. The van der Waals surface area contributed by atoms with Crippen molar-refractivity contribution in [3.63, 3.8) is 0 Å². The third-order valence-corrected chi connectivity index (χ3v) is 3.97. The molecular weight excluding hydrogens is 328 g/mol. The molecule has 0 heterocycles. The van der Waals surface area contributed by atoms with Crippen LogP contribution in [0.4, 0.5) is 11.4 Å². The highest BCUT2D eigenvalue weighted by Gasteiger charge is 2.10. The summed E-state index contributed by atoms with van der Waals surface area (Å²) >= 11 is 0. The van der Waals surface area contributed by atoms with Crippen molar-refractivity contribution >= 4 is 23.2 Å². The Morgan fingerprint density at radius 2 is 1.62 bits per heavy atom. The van der Waals surface area contributed by atoms with Gasteiger partial charge >= 0.3 is 0 Å². The highest BCUT2D eigenvalue weighted by molar-refractivity contribution is 6.05. The fourth-order valence-electron chi connectivity index (χ4n) is 2.41. The standard InChI is InChI=1S/C21H26N2O3/c1-14(2)12-13-26-18-10-8-17(9-11-18)21(25)23-20-7-5-6-19(15(20)3)22-16(4)24/h5-11,14H,12-13H2,1-4H3,(H,22,24)(H,23,25). The molecule has 0 atom stereocenters. The summed E-state index contributed by atoms with van der Waals surface area (Å²) in [6, 6.07) is 12.5. The van der Waals surface area contributed by atoms with Gasteiger partial charge in [0.1, 0.15) is 5.75 Å². The molecule has 0 spiro atoms. The van der Waals surface area contributed by atoms with Gasteiger partial charge in [-0.1, -0.05) is 19.9 Å². The lowest BCUT2D eigenvalue weighted by Gasteiger charge is -2.13. The maximum Gasteiger partial charge on any atom is 0.255 e. The smallest absolute Gasteiger partial charge is 0.255 e. The Morgan fingerprint density at radius 1 is 1.00 bits per heavy atom. The van der Waals surface area contributed by atoms with E-state index in [-0.39, 0.29) is 11.8 Å². The first kappa shape index (κ1) is 19.5. The molecule has 26 heavy (non-hydrogen) atoms. The second-order valence-corrected chi connectivity index (χ2v) is 6.67. The van der Waals surface area contributed by atoms with Crippen molar-refractivity contribution in [2.45, 2.75) is 34.1 Å². The summed E-state index contributed by atoms with van der Waals surface area (Å²) in [5.74, 6) is 0.994. The molecule has 2 aromatic carbocycles. The first-order chi connectivity index (χ1) is 12.4. The van der Waals surface area contributed by atoms with E-state index in [1.807, 2.05) is 13.0 Å². The van der Waals surface area contributed by atoms with Crippen molar-refractivity contribution in [2.24, 2.45) is 5.92 Å². The number of ether oxygens (including phenoxy) is 1. The molecule has 2 N–H and O–H groups in total. The Morgan fingerprint density at radius 3 is 2.19 bits per heavy atom. The van der Waals surface area contributed by atoms with Crippen LogP contribution in [0.5, 0.6) is 5.75 Å². The lowest BCUT2D eigenvalue weighted by Crippen LogP contribution is -2.14. The van der Waals surface area contributed by atoms with Crippen molar-refractivity contribution in [1.29, 1.82) is 0 Å². The fourth-order valence-corrected chi connectivity index (χ4v) is 2.41. The van der Waals surface area contributed by atoms with Crippen LogP contribution < -0.4 is 15.4 Å². The van der Waals surface area contributed by atoms with Crippen LogP contribution in [0.15, 0.2) is 42.5 Å². The molecule has 0 radical (unpaired) electrons. The molecular formula is C21H26N2O3. The third kappa shape index (κ3) is 5.62. The first-order valence-electron chi connectivity index (χ1n) is 8.78. The number of carbonyl (C=O) groups excluding carboxylic acids is 2. The number of hydrogen-bond donors (Lipinski definition) is 2. The van der Waals surface area contributed by atoms with Crippen molar-refractivity contribution in [2.75, 3.05) is 17.2 Å². The van der Waals surface area contributed by atoms with Crippen molar-refractivity contribution in [3.05, 3.63) is 53.6 Å². The van der Waals surface area contributed by atoms with E-state index in [9.17, 15) is 9.59 Å². The van der Waals surface area contributed by atoms with Crippen LogP contribution in [0.1, 0.15) is 43.1 Å². The van der Waals surface area contributed by atoms with E-state index in [1.54, 1.807) is 36.4 Å². The van der Waals surface area contributed by atoms with Crippen molar-refractivity contribution < 1.29 is 14.3 Å². The molecule has 138 valence electrons. The number of hydrogen-bond acceptors (Lipinski definition) is 3. The van der Waals surface area contributed by atoms with Crippen LogP contribution in [-0.2, 0) is 4.79 Å². The molecule has 0 bridgehead atoms. The van der Waals surface area contributed by atoms with Crippen molar-refractivity contribution in [1.82, 2.24) is 0 Å². The van der Waals surface area contributed by atoms with E-state index in [1.165, 1.54) is 6.92 Å². The second kappa shape index (κ2) is 9.04. The normalized spacial score (nSPS) is 10.5. The van der Waals surface area contributed by atoms with Crippen LogP contribution in [0.3, 0.4) is 0 Å². The van der Waals surface area contributed by atoms with Crippen LogP contribution >= 0.6 is 0 Å². The molecule has 0 aliphatic carbocycles. The summed E-state index contributed by atoms with van der Waals surface area (Å²) in [6.45, 7) is 8.28. The van der Waals surface area contributed by atoms with E-state index >= 15 is 0 Å². The van der Waals surface area contributed by atoms with Gasteiger partial charge in [-0.3, -0.25) is 9.59 Å². The molecule has 5 nitrogen and oxygen atoms in total. The third-order valence-electron chi connectivity index (χ3n) is 3.97. The molecule has 2 rings (SSSR count). The van der Waals surface area contributed by atoms with E-state index in [4.69, 9.17) is 4.74 Å². The highest BCUT2D eigenvalue weighted by Crippen LogP contribution is 2.24. The van der Waals surface area contributed by atoms with Gasteiger partial charge in [0, 0.05) is 23.9 Å². The number of rotatable bonds is 7. The number of anilines is 2. The fraction of sp³-hybridized carbons (Fsp3) is 0.333. The predicted octanol–water partition coefficient (Wildman–Crippen LogP) is 4.63. The van der Waals surface area contributed by atoms with Crippen LogP contribution in [0.2, 0.25) is 0 Å². The summed E-state index contributed by atoms with van der Waals surface area (Å²) < 4.78 is 5.67. The van der Waals surface area contributed by atoms with Gasteiger partial charge in [0.25, 0.3) is 5.91 Å². The Balaban J connectivity index is 2.02. The zero-order valence-electron chi connectivity index (χ0n) is 15.8. The van der Waals surface area contributed by atoms with Crippen LogP contribution in [-0.4, -0.2) is 18.4 Å². The minimum atomic E-state index is -0.207. The Hall–Kier alpha value is -2.82. The van der Waals surface area contributed by atoms with Crippen molar-refractivity contribution in [3.8, 4) is 5.75 Å². The van der Waals surface area contributed by atoms with Gasteiger partial charge in [-0.25, -0.2) is 0 Å². The SMILES string of the molecule is CC(=O)Nc1cccc(NC(=O)c2ccc(OCCC(C)C)cc2)c1C. The maximum absolute atomic E-state index is 12.5. The summed E-state index contributed by atoms with van der Waals surface area (Å²) in [6.07, 6.45) is 0.992. The topological polar surface area (TPSA) is 67.4 Å². The van der Waals surface area contributed by atoms with E-state index < -0.39 is 0 Å². The average Bonchev–Trinajstić information content (AvgIpc) is 2.58. The van der Waals surface area contributed by atoms with E-state index in [0.29, 0.717) is 29.5 Å². The van der Waals surface area contributed by atoms with E-state index in [0.717, 1.165) is 17.7 Å². The summed E-state index contributed by atoms with van der Waals surface area (Å²) in [5, 5.41) is 5.64. The van der Waals surface area contributed by atoms with Gasteiger partial charge < -0.3 is 15.4 Å². The number of amides is 2. The van der Waals surface area contributed by atoms with Gasteiger partial charge in [0.15, 0.2) is 0 Å². The first-order valence-corrected chi connectivity index (χ1v) is 8.78. The summed E-state index contributed by atoms with van der Waals surface area (Å²) in [4.78, 5) is 23.7. The zero-order valence-corrected chi connectivity index (χ0v) is 15.8. The van der Waals surface area contributed by atoms with Gasteiger partial charge in [0.05, 0.1) is 6.61 Å². The van der Waals surface area contributed by atoms with Gasteiger partial charge in [-0.05, 0) is 61.2 Å². The molecule has 5 heteroatoms. The minimum absolute atomic E-state index is 0.148. The Kier molecular flexibility index (Phi) is 6.78. The van der Waals surface area contributed by atoms with E-state index in [2.05, 4.69) is 24.5 Å². The minimum Gasteiger partial charge on any atom is -0.494 e. The largest absolute Gasteiger partial charge is 0.494 e. The molecule has 0 aliphatic rings. The lowest BCUT2D eigenvalue weighted by atomic mass is 10.1. The molecule has 0 aliphatic heterocycles. The Labute approximate surface area is 154 Å². The molecule has 0 saturated carbocycles. The number of nitrogens with one attached hydrogen (secondary N) is 2. The Bertz CT molecular complexity index is 767. The average molecular weight is 354 g/mol. The monoisotopic (exact) mass is 354 g/mol. The lowest BCUT2D eigenvalue weighted by molar-refractivity contribution is -0.114. The van der Waals surface area contributed by atoms with Crippen LogP contribution in [0.25, 0.3) is 0 Å². The number of benzene rings is 2. The van der Waals surface area contributed by atoms with Crippen LogP contribution in [0, 0.1) is 12.8 Å². The summed E-state index contributed by atoms with van der Waals surface area (Å²) in [7, 11) is 0. The molecule has 2 aromatic rings.